The van der Waals surface area contributed by atoms with Crippen LogP contribution in [0, 0.1) is 5.82 Å². The molecule has 0 saturated carbocycles. The molecule has 0 radical (unpaired) electrons. The number of amides is 1. The topological polar surface area (TPSA) is 54.3 Å². The van der Waals surface area contributed by atoms with E-state index in [2.05, 4.69) is 15.0 Å². The summed E-state index contributed by atoms with van der Waals surface area (Å²) in [6, 6.07) is 13.7. The van der Waals surface area contributed by atoms with Crippen LogP contribution in [0.25, 0.3) is 5.69 Å². The quantitative estimate of drug-likeness (QED) is 0.700. The average Bonchev–Trinajstić information content (AvgIpc) is 3.06. The molecule has 0 bridgehead atoms. The van der Waals surface area contributed by atoms with Crippen LogP contribution in [-0.4, -0.2) is 56.7 Å². The normalized spacial score (nSPS) is 15.4. The molecule has 6 nitrogen and oxygen atoms in total. The molecular formula is C21H22FN5O. The van der Waals surface area contributed by atoms with Gasteiger partial charge in [-0.1, -0.05) is 12.1 Å². The zero-order valence-corrected chi connectivity index (χ0v) is 15.5. The summed E-state index contributed by atoms with van der Waals surface area (Å²) in [5.41, 5.74) is 2.12. The molecule has 1 fully saturated rings. The minimum atomic E-state index is -0.278. The average molecular weight is 379 g/mol. The molecule has 1 aromatic carbocycles. The third-order valence-corrected chi connectivity index (χ3v) is 4.86. The first kappa shape index (κ1) is 18.3. The van der Waals surface area contributed by atoms with Gasteiger partial charge in [0.05, 0.1) is 11.4 Å². The smallest absolute Gasteiger partial charge is 0.272 e. The second-order valence-electron chi connectivity index (χ2n) is 6.87. The van der Waals surface area contributed by atoms with Crippen LogP contribution in [-0.2, 0) is 6.54 Å². The highest BCUT2D eigenvalue weighted by molar-refractivity contribution is 5.92. The van der Waals surface area contributed by atoms with E-state index in [0.29, 0.717) is 24.5 Å². The van der Waals surface area contributed by atoms with Crippen molar-refractivity contribution in [3.63, 3.8) is 0 Å². The minimum Gasteiger partial charge on any atom is -0.336 e. The third kappa shape index (κ3) is 4.26. The van der Waals surface area contributed by atoms with Gasteiger partial charge in [0.2, 0.25) is 0 Å². The summed E-state index contributed by atoms with van der Waals surface area (Å²) in [5, 5.41) is 4.57. The number of nitrogens with zero attached hydrogens (tertiary/aromatic N) is 5. The number of rotatable bonds is 4. The molecule has 0 unspecified atom stereocenters. The molecule has 4 rings (SSSR count). The number of hydrogen-bond acceptors (Lipinski definition) is 4. The van der Waals surface area contributed by atoms with Gasteiger partial charge in [-0.05, 0) is 42.8 Å². The van der Waals surface area contributed by atoms with Gasteiger partial charge < -0.3 is 4.90 Å². The van der Waals surface area contributed by atoms with Gasteiger partial charge >= 0.3 is 0 Å². The van der Waals surface area contributed by atoms with E-state index in [4.69, 9.17) is 0 Å². The number of aromatic nitrogens is 3. The molecule has 1 aliphatic heterocycles. The fourth-order valence-electron chi connectivity index (χ4n) is 3.42. The summed E-state index contributed by atoms with van der Waals surface area (Å²) in [7, 11) is 0. The van der Waals surface area contributed by atoms with E-state index in [9.17, 15) is 9.18 Å². The zero-order valence-electron chi connectivity index (χ0n) is 15.5. The van der Waals surface area contributed by atoms with Crippen molar-refractivity contribution in [1.82, 2.24) is 24.6 Å². The lowest BCUT2D eigenvalue weighted by Gasteiger charge is -2.21. The van der Waals surface area contributed by atoms with Gasteiger partial charge in [0.1, 0.15) is 11.5 Å². The minimum absolute atomic E-state index is 0.0159. The standard InChI is InChI=1S/C21H22FN5O/c22-17-5-3-6-19(15-17)27-12-8-18(24-27)16-25-10-4-11-26(14-13-25)21(28)20-7-1-2-9-23-20/h1-3,5-9,12,15H,4,10-11,13-14,16H2. The first-order chi connectivity index (χ1) is 13.7. The van der Waals surface area contributed by atoms with Crippen molar-refractivity contribution in [2.45, 2.75) is 13.0 Å². The SMILES string of the molecule is O=C(c1ccccn1)N1CCCN(Cc2ccn(-c3cccc(F)c3)n2)CC1. The molecule has 1 saturated heterocycles. The predicted octanol–water partition coefficient (Wildman–Crippen LogP) is 2.75. The first-order valence-electron chi connectivity index (χ1n) is 9.42. The molecule has 28 heavy (non-hydrogen) atoms. The van der Waals surface area contributed by atoms with Crippen LogP contribution < -0.4 is 0 Å². The molecule has 144 valence electrons. The number of benzene rings is 1. The monoisotopic (exact) mass is 379 g/mol. The molecule has 3 heterocycles. The molecule has 7 heteroatoms. The summed E-state index contributed by atoms with van der Waals surface area (Å²) in [5.74, 6) is -0.294. The Balaban J connectivity index is 1.37. The van der Waals surface area contributed by atoms with E-state index >= 15 is 0 Å². The second-order valence-corrected chi connectivity index (χ2v) is 6.87. The lowest BCUT2D eigenvalue weighted by atomic mass is 10.3. The summed E-state index contributed by atoms with van der Waals surface area (Å²) in [4.78, 5) is 20.9. The van der Waals surface area contributed by atoms with Crippen LogP contribution in [0.3, 0.4) is 0 Å². The highest BCUT2D eigenvalue weighted by atomic mass is 19.1. The number of hydrogen-bond donors (Lipinski definition) is 0. The number of carbonyl (C=O) groups excluding carboxylic acids is 1. The van der Waals surface area contributed by atoms with Crippen LogP contribution >= 0.6 is 0 Å². The van der Waals surface area contributed by atoms with E-state index in [0.717, 1.165) is 31.7 Å². The molecule has 1 amide bonds. The fraction of sp³-hybridized carbons (Fsp3) is 0.286. The highest BCUT2D eigenvalue weighted by Crippen LogP contribution is 2.13. The van der Waals surface area contributed by atoms with Crippen LogP contribution in [0.1, 0.15) is 22.6 Å². The Morgan fingerprint density at radius 3 is 2.79 bits per heavy atom. The Bertz CT molecular complexity index is 943. The van der Waals surface area contributed by atoms with Crippen molar-refractivity contribution in [3.8, 4) is 5.69 Å². The van der Waals surface area contributed by atoms with Crippen molar-refractivity contribution in [2.75, 3.05) is 26.2 Å². The molecule has 2 aromatic heterocycles. The Kier molecular flexibility index (Phi) is 5.43. The molecule has 0 spiro atoms. The fourth-order valence-corrected chi connectivity index (χ4v) is 3.42. The van der Waals surface area contributed by atoms with Gasteiger partial charge in [-0.25, -0.2) is 9.07 Å². The Morgan fingerprint density at radius 2 is 1.96 bits per heavy atom. The molecule has 3 aromatic rings. The van der Waals surface area contributed by atoms with Gasteiger partial charge in [-0.2, -0.15) is 5.10 Å². The lowest BCUT2D eigenvalue weighted by Crippen LogP contribution is -2.35. The van der Waals surface area contributed by atoms with Crippen LogP contribution in [0.5, 0.6) is 0 Å². The van der Waals surface area contributed by atoms with Crippen molar-refractivity contribution >= 4 is 5.91 Å². The van der Waals surface area contributed by atoms with Crippen molar-refractivity contribution in [3.05, 3.63) is 78.1 Å². The van der Waals surface area contributed by atoms with Crippen molar-refractivity contribution in [2.24, 2.45) is 0 Å². The maximum absolute atomic E-state index is 13.4. The van der Waals surface area contributed by atoms with Crippen molar-refractivity contribution in [1.29, 1.82) is 0 Å². The van der Waals surface area contributed by atoms with E-state index in [1.165, 1.54) is 12.1 Å². The Labute approximate surface area is 163 Å². The maximum atomic E-state index is 13.4. The lowest BCUT2D eigenvalue weighted by molar-refractivity contribution is 0.0755. The number of carbonyl (C=O) groups is 1. The number of halogens is 1. The summed E-state index contributed by atoms with van der Waals surface area (Å²) < 4.78 is 15.1. The number of pyridine rings is 1. The van der Waals surface area contributed by atoms with E-state index in [1.807, 2.05) is 35.4 Å². The van der Waals surface area contributed by atoms with Crippen molar-refractivity contribution < 1.29 is 9.18 Å². The van der Waals surface area contributed by atoms with Gasteiger partial charge in [0, 0.05) is 45.1 Å². The Morgan fingerprint density at radius 1 is 1.04 bits per heavy atom. The molecule has 0 aliphatic carbocycles. The van der Waals surface area contributed by atoms with Crippen LogP contribution in [0.15, 0.2) is 60.9 Å². The van der Waals surface area contributed by atoms with E-state index < -0.39 is 0 Å². The maximum Gasteiger partial charge on any atom is 0.272 e. The highest BCUT2D eigenvalue weighted by Gasteiger charge is 2.21. The molecule has 0 atom stereocenters. The van der Waals surface area contributed by atoms with Gasteiger partial charge in [0.25, 0.3) is 5.91 Å². The van der Waals surface area contributed by atoms with Crippen LogP contribution in [0.2, 0.25) is 0 Å². The second kappa shape index (κ2) is 8.31. The molecule has 0 N–H and O–H groups in total. The van der Waals surface area contributed by atoms with E-state index in [-0.39, 0.29) is 11.7 Å². The Hall–Kier alpha value is -3.06. The van der Waals surface area contributed by atoms with Gasteiger partial charge in [0.15, 0.2) is 0 Å². The summed E-state index contributed by atoms with van der Waals surface area (Å²) >= 11 is 0. The summed E-state index contributed by atoms with van der Waals surface area (Å²) in [6.45, 7) is 3.78. The van der Waals surface area contributed by atoms with E-state index in [1.54, 1.807) is 23.0 Å². The first-order valence-corrected chi connectivity index (χ1v) is 9.42. The zero-order chi connectivity index (χ0) is 19.3. The summed E-state index contributed by atoms with van der Waals surface area (Å²) in [6.07, 6.45) is 4.40. The van der Waals surface area contributed by atoms with Gasteiger partial charge in [-0.3, -0.25) is 14.7 Å². The largest absolute Gasteiger partial charge is 0.336 e. The molecular weight excluding hydrogens is 357 g/mol. The molecule has 1 aliphatic rings. The van der Waals surface area contributed by atoms with Gasteiger partial charge in [-0.15, -0.1) is 0 Å². The predicted molar refractivity (Wildman–Crippen MR) is 104 cm³/mol. The van der Waals surface area contributed by atoms with Crippen LogP contribution in [0.4, 0.5) is 4.39 Å². The third-order valence-electron chi connectivity index (χ3n) is 4.86.